The fourth-order valence-corrected chi connectivity index (χ4v) is 1.39. The van der Waals surface area contributed by atoms with Gasteiger partial charge in [0.25, 0.3) is 0 Å². The third-order valence-electron chi connectivity index (χ3n) is 1.42. The van der Waals surface area contributed by atoms with Gasteiger partial charge in [0.15, 0.2) is 0 Å². The van der Waals surface area contributed by atoms with Gasteiger partial charge in [0, 0.05) is 11.5 Å². The molecule has 0 rings (SSSR count). The second kappa shape index (κ2) is 5.42. The predicted molar refractivity (Wildman–Crippen MR) is 47.5 cm³/mol. The van der Waals surface area contributed by atoms with Gasteiger partial charge in [-0.25, -0.2) is 0 Å². The number of nitrogens with one attached hydrogen (secondary N) is 1. The lowest BCUT2D eigenvalue weighted by molar-refractivity contribution is 0.322. The molecule has 0 saturated carbocycles. The van der Waals surface area contributed by atoms with Crippen molar-refractivity contribution in [1.29, 1.82) is 5.26 Å². The molecule has 2 N–H and O–H groups in total. The van der Waals surface area contributed by atoms with Crippen LogP contribution in [0.25, 0.3) is 0 Å². The molecule has 0 aliphatic carbocycles. The maximum absolute atomic E-state index is 8.70. The van der Waals surface area contributed by atoms with Crippen LogP contribution in [-0.2, 0) is 0 Å². The standard InChI is InChI=1S/C7H14N2OS/c1-7(5-8,9-2)6-11-4-3-10/h9-10H,3-4,6H2,1-2H3. The van der Waals surface area contributed by atoms with Crippen LogP contribution in [0.5, 0.6) is 0 Å². The Kier molecular flexibility index (Phi) is 5.30. The van der Waals surface area contributed by atoms with E-state index in [-0.39, 0.29) is 6.61 Å². The van der Waals surface area contributed by atoms with Crippen molar-refractivity contribution in [3.05, 3.63) is 0 Å². The summed E-state index contributed by atoms with van der Waals surface area (Å²) < 4.78 is 0. The minimum Gasteiger partial charge on any atom is -0.396 e. The first kappa shape index (κ1) is 10.8. The van der Waals surface area contributed by atoms with Crippen LogP contribution >= 0.6 is 11.8 Å². The summed E-state index contributed by atoms with van der Waals surface area (Å²) in [4.78, 5) is 0. The van der Waals surface area contributed by atoms with Crippen LogP contribution in [-0.4, -0.2) is 35.8 Å². The lowest BCUT2D eigenvalue weighted by atomic mass is 10.1. The van der Waals surface area contributed by atoms with Gasteiger partial charge in [-0.3, -0.25) is 0 Å². The fraction of sp³-hybridized carbons (Fsp3) is 0.857. The number of nitriles is 1. The molecule has 11 heavy (non-hydrogen) atoms. The number of thioether (sulfide) groups is 1. The van der Waals surface area contributed by atoms with E-state index in [0.29, 0.717) is 11.5 Å². The second-order valence-electron chi connectivity index (χ2n) is 2.47. The molecule has 0 fully saturated rings. The molecule has 0 aromatic rings. The van der Waals surface area contributed by atoms with Crippen LogP contribution in [0.4, 0.5) is 0 Å². The topological polar surface area (TPSA) is 56.0 Å². The third-order valence-corrected chi connectivity index (χ3v) is 2.68. The highest BCUT2D eigenvalue weighted by atomic mass is 32.2. The number of rotatable bonds is 5. The SMILES string of the molecule is CNC(C)(C#N)CSCCO. The van der Waals surface area contributed by atoms with Crippen LogP contribution in [0.15, 0.2) is 0 Å². The van der Waals surface area contributed by atoms with Crippen LogP contribution in [0.1, 0.15) is 6.92 Å². The fourth-order valence-electron chi connectivity index (χ4n) is 0.501. The zero-order chi connectivity index (χ0) is 8.74. The number of hydrogen-bond acceptors (Lipinski definition) is 4. The first-order chi connectivity index (χ1) is 5.18. The molecule has 0 aliphatic heterocycles. The smallest absolute Gasteiger partial charge is 0.112 e. The second-order valence-corrected chi connectivity index (χ2v) is 3.58. The number of hydrogen-bond donors (Lipinski definition) is 2. The van der Waals surface area contributed by atoms with E-state index < -0.39 is 5.54 Å². The highest BCUT2D eigenvalue weighted by Gasteiger charge is 2.20. The molecule has 0 saturated heterocycles. The Balaban J connectivity index is 3.63. The summed E-state index contributed by atoms with van der Waals surface area (Å²) in [6.45, 7) is 2.02. The van der Waals surface area contributed by atoms with Crippen molar-refractivity contribution in [2.75, 3.05) is 25.2 Å². The van der Waals surface area contributed by atoms with Crippen molar-refractivity contribution in [1.82, 2.24) is 5.32 Å². The van der Waals surface area contributed by atoms with Gasteiger partial charge in [0.05, 0.1) is 12.7 Å². The third kappa shape index (κ3) is 4.25. The molecular formula is C7H14N2OS. The minimum atomic E-state index is -0.458. The van der Waals surface area contributed by atoms with Gasteiger partial charge in [0.2, 0.25) is 0 Å². The van der Waals surface area contributed by atoms with Crippen LogP contribution in [0.2, 0.25) is 0 Å². The summed E-state index contributed by atoms with van der Waals surface area (Å²) in [5.41, 5.74) is -0.458. The van der Waals surface area contributed by atoms with Crippen molar-refractivity contribution in [3.63, 3.8) is 0 Å². The van der Waals surface area contributed by atoms with E-state index in [1.807, 2.05) is 6.92 Å². The Morgan fingerprint density at radius 1 is 1.73 bits per heavy atom. The van der Waals surface area contributed by atoms with Crippen LogP contribution < -0.4 is 5.32 Å². The summed E-state index contributed by atoms with van der Waals surface area (Å²) in [5, 5.41) is 20.1. The average molecular weight is 174 g/mol. The van der Waals surface area contributed by atoms with E-state index in [0.717, 1.165) is 0 Å². The Bertz CT molecular complexity index is 146. The first-order valence-electron chi connectivity index (χ1n) is 3.47. The molecule has 0 bridgehead atoms. The summed E-state index contributed by atoms with van der Waals surface area (Å²) in [6.07, 6.45) is 0. The van der Waals surface area contributed by atoms with Gasteiger partial charge in [-0.1, -0.05) is 0 Å². The van der Waals surface area contributed by atoms with E-state index in [4.69, 9.17) is 10.4 Å². The van der Waals surface area contributed by atoms with Crippen molar-refractivity contribution in [2.24, 2.45) is 0 Å². The molecule has 64 valence electrons. The van der Waals surface area contributed by atoms with Crippen molar-refractivity contribution in [2.45, 2.75) is 12.5 Å². The molecule has 0 aromatic carbocycles. The average Bonchev–Trinajstić information content (AvgIpc) is 2.05. The van der Waals surface area contributed by atoms with E-state index in [9.17, 15) is 0 Å². The van der Waals surface area contributed by atoms with Gasteiger partial charge >= 0.3 is 0 Å². The molecule has 0 aliphatic rings. The molecule has 4 heteroatoms. The summed E-state index contributed by atoms with van der Waals surface area (Å²) in [7, 11) is 1.77. The Morgan fingerprint density at radius 3 is 2.73 bits per heavy atom. The van der Waals surface area contributed by atoms with Gasteiger partial charge in [-0.2, -0.15) is 17.0 Å². The molecule has 0 aromatic heterocycles. The largest absolute Gasteiger partial charge is 0.396 e. The molecule has 1 atom stereocenters. The van der Waals surface area contributed by atoms with Crippen molar-refractivity contribution >= 4 is 11.8 Å². The van der Waals surface area contributed by atoms with E-state index in [1.54, 1.807) is 18.8 Å². The molecular weight excluding hydrogens is 160 g/mol. The van der Waals surface area contributed by atoms with Crippen LogP contribution in [0.3, 0.4) is 0 Å². The zero-order valence-electron chi connectivity index (χ0n) is 6.92. The summed E-state index contributed by atoms with van der Waals surface area (Å²) >= 11 is 1.57. The van der Waals surface area contributed by atoms with Crippen molar-refractivity contribution in [3.8, 4) is 6.07 Å². The Hall–Kier alpha value is -0.240. The quantitative estimate of drug-likeness (QED) is 0.585. The predicted octanol–water partition coefficient (Wildman–Crippen LogP) is 0.214. The molecule has 1 unspecified atom stereocenters. The normalized spacial score (nSPS) is 15.5. The number of aliphatic hydroxyl groups is 1. The monoisotopic (exact) mass is 174 g/mol. The molecule has 0 amide bonds. The molecule has 0 radical (unpaired) electrons. The van der Waals surface area contributed by atoms with Gasteiger partial charge < -0.3 is 10.4 Å². The maximum atomic E-state index is 8.70. The maximum Gasteiger partial charge on any atom is 0.112 e. The summed E-state index contributed by atoms with van der Waals surface area (Å²) in [6, 6.07) is 2.17. The van der Waals surface area contributed by atoms with Crippen molar-refractivity contribution < 1.29 is 5.11 Å². The first-order valence-corrected chi connectivity index (χ1v) is 4.63. The van der Waals surface area contributed by atoms with E-state index in [1.165, 1.54) is 0 Å². The lowest BCUT2D eigenvalue weighted by Crippen LogP contribution is -2.40. The zero-order valence-corrected chi connectivity index (χ0v) is 7.74. The molecule has 0 spiro atoms. The Labute approximate surface area is 71.8 Å². The van der Waals surface area contributed by atoms with Gasteiger partial charge in [-0.15, -0.1) is 0 Å². The van der Waals surface area contributed by atoms with E-state index in [2.05, 4.69) is 11.4 Å². The highest BCUT2D eigenvalue weighted by molar-refractivity contribution is 7.99. The van der Waals surface area contributed by atoms with E-state index >= 15 is 0 Å². The summed E-state index contributed by atoms with van der Waals surface area (Å²) in [5.74, 6) is 1.40. The molecule has 3 nitrogen and oxygen atoms in total. The minimum absolute atomic E-state index is 0.176. The lowest BCUT2D eigenvalue weighted by Gasteiger charge is -2.19. The van der Waals surface area contributed by atoms with Gasteiger partial charge in [-0.05, 0) is 14.0 Å². The van der Waals surface area contributed by atoms with Gasteiger partial charge in [0.1, 0.15) is 5.54 Å². The number of nitrogens with zero attached hydrogens (tertiary/aromatic N) is 1. The highest BCUT2D eigenvalue weighted by Crippen LogP contribution is 2.10. The molecule has 0 heterocycles. The number of aliphatic hydroxyl groups excluding tert-OH is 1. The Morgan fingerprint density at radius 2 is 2.36 bits per heavy atom. The van der Waals surface area contributed by atoms with Crippen LogP contribution in [0, 0.1) is 11.3 Å².